The summed E-state index contributed by atoms with van der Waals surface area (Å²) < 4.78 is 4.87. The summed E-state index contributed by atoms with van der Waals surface area (Å²) in [5, 5.41) is 4.20. The molecule has 1 aromatic rings. The van der Waals surface area contributed by atoms with E-state index < -0.39 is 17.9 Å². The molecule has 0 fully saturated rings. The van der Waals surface area contributed by atoms with E-state index in [0.29, 0.717) is 0 Å². The molecule has 0 unspecified atom stereocenters. The number of hydrogen-bond donors (Lipinski definition) is 3. The van der Waals surface area contributed by atoms with Gasteiger partial charge in [0.2, 0.25) is 11.8 Å². The van der Waals surface area contributed by atoms with E-state index in [1.807, 2.05) is 23.5 Å². The quantitative estimate of drug-likeness (QED) is 0.665. The van der Waals surface area contributed by atoms with Crippen LogP contribution in [0.4, 0.5) is 4.79 Å². The molecular weight excluding hydrogens is 250 g/mol. The Hall–Kier alpha value is -2.41. The third-order valence-corrected chi connectivity index (χ3v) is 2.07. The second-order valence-corrected chi connectivity index (χ2v) is 3.59. The summed E-state index contributed by atoms with van der Waals surface area (Å²) in [5.74, 6) is -1.25. The maximum Gasteiger partial charge on any atom is 0.407 e. The number of imide groups is 1. The summed E-state index contributed by atoms with van der Waals surface area (Å²) >= 11 is 0. The van der Waals surface area contributed by atoms with Gasteiger partial charge in [-0.25, -0.2) is 4.79 Å². The van der Waals surface area contributed by atoms with Crippen LogP contribution in [0.5, 0.6) is 0 Å². The molecule has 0 bridgehead atoms. The van der Waals surface area contributed by atoms with Gasteiger partial charge >= 0.3 is 6.09 Å². The predicted octanol–water partition coefficient (Wildman–Crippen LogP) is -0.486. The molecule has 102 valence electrons. The van der Waals surface area contributed by atoms with Crippen LogP contribution in [0.15, 0.2) is 30.3 Å². The normalized spacial score (nSPS) is 9.53. The zero-order chi connectivity index (χ0) is 14.1. The van der Waals surface area contributed by atoms with Crippen LogP contribution in [0.2, 0.25) is 0 Å². The van der Waals surface area contributed by atoms with Crippen molar-refractivity contribution in [2.75, 3.05) is 13.1 Å². The fraction of sp³-hybridized carbons (Fsp3) is 0.250. The van der Waals surface area contributed by atoms with Gasteiger partial charge in [-0.1, -0.05) is 30.3 Å². The molecule has 19 heavy (non-hydrogen) atoms. The Kier molecular flexibility index (Phi) is 6.04. The summed E-state index contributed by atoms with van der Waals surface area (Å²) in [5.41, 5.74) is 5.85. The first kappa shape index (κ1) is 14.7. The highest BCUT2D eigenvalue weighted by molar-refractivity contribution is 5.97. The minimum absolute atomic E-state index is 0.107. The van der Waals surface area contributed by atoms with Crippen LogP contribution in [-0.2, 0) is 20.9 Å². The molecule has 0 saturated heterocycles. The van der Waals surface area contributed by atoms with Crippen LogP contribution < -0.4 is 16.4 Å². The van der Waals surface area contributed by atoms with Crippen LogP contribution in [0.25, 0.3) is 0 Å². The number of nitrogens with two attached hydrogens (primary N) is 1. The monoisotopic (exact) mass is 265 g/mol. The van der Waals surface area contributed by atoms with E-state index in [9.17, 15) is 14.4 Å². The molecule has 0 aliphatic rings. The van der Waals surface area contributed by atoms with Gasteiger partial charge in [0.15, 0.2) is 0 Å². The molecule has 4 N–H and O–H groups in total. The number of rotatable bonds is 5. The molecule has 7 nitrogen and oxygen atoms in total. The first-order chi connectivity index (χ1) is 9.11. The minimum atomic E-state index is -0.737. The summed E-state index contributed by atoms with van der Waals surface area (Å²) in [4.78, 5) is 33.2. The number of alkyl carbamates (subject to hydrolysis) is 1. The molecule has 1 aromatic carbocycles. The lowest BCUT2D eigenvalue weighted by Gasteiger charge is -2.06. The lowest BCUT2D eigenvalue weighted by molar-refractivity contribution is -0.129. The van der Waals surface area contributed by atoms with Gasteiger partial charge < -0.3 is 15.8 Å². The summed E-state index contributed by atoms with van der Waals surface area (Å²) in [6.07, 6.45) is -0.737. The Labute approximate surface area is 110 Å². The van der Waals surface area contributed by atoms with Gasteiger partial charge in [-0.2, -0.15) is 0 Å². The van der Waals surface area contributed by atoms with Crippen LogP contribution in [-0.4, -0.2) is 31.0 Å². The molecule has 7 heteroatoms. The van der Waals surface area contributed by atoms with Crippen LogP contribution >= 0.6 is 0 Å². The molecular formula is C12H15N3O4. The molecule has 0 saturated carbocycles. The first-order valence-corrected chi connectivity index (χ1v) is 5.59. The lowest BCUT2D eigenvalue weighted by Crippen LogP contribution is -2.42. The smallest absolute Gasteiger partial charge is 0.407 e. The number of amides is 3. The van der Waals surface area contributed by atoms with Crippen molar-refractivity contribution in [2.45, 2.75) is 6.61 Å². The van der Waals surface area contributed by atoms with Crippen LogP contribution in [0.3, 0.4) is 0 Å². The Morgan fingerprint density at radius 1 is 1.11 bits per heavy atom. The van der Waals surface area contributed by atoms with E-state index in [0.717, 1.165) is 5.56 Å². The maximum atomic E-state index is 11.3. The van der Waals surface area contributed by atoms with Crippen molar-refractivity contribution in [1.82, 2.24) is 10.6 Å². The molecule has 0 aromatic heterocycles. The molecule has 0 heterocycles. The highest BCUT2D eigenvalue weighted by Gasteiger charge is 2.08. The zero-order valence-electron chi connectivity index (χ0n) is 10.2. The predicted molar refractivity (Wildman–Crippen MR) is 66.8 cm³/mol. The number of carbonyl (C=O) groups excluding carboxylic acids is 3. The third kappa shape index (κ3) is 6.18. The van der Waals surface area contributed by atoms with Gasteiger partial charge in [-0.05, 0) is 5.56 Å². The van der Waals surface area contributed by atoms with E-state index in [1.54, 1.807) is 12.1 Å². The van der Waals surface area contributed by atoms with E-state index in [2.05, 4.69) is 5.32 Å². The van der Waals surface area contributed by atoms with Crippen molar-refractivity contribution >= 4 is 17.9 Å². The zero-order valence-corrected chi connectivity index (χ0v) is 10.2. The number of carbonyl (C=O) groups is 3. The Morgan fingerprint density at radius 2 is 1.79 bits per heavy atom. The van der Waals surface area contributed by atoms with Crippen molar-refractivity contribution in [2.24, 2.45) is 5.73 Å². The van der Waals surface area contributed by atoms with E-state index >= 15 is 0 Å². The van der Waals surface area contributed by atoms with Crippen molar-refractivity contribution < 1.29 is 19.1 Å². The Balaban J connectivity index is 2.21. The average molecular weight is 265 g/mol. The van der Waals surface area contributed by atoms with Crippen molar-refractivity contribution in [3.8, 4) is 0 Å². The first-order valence-electron chi connectivity index (χ1n) is 5.59. The lowest BCUT2D eigenvalue weighted by atomic mass is 10.2. The topological polar surface area (TPSA) is 111 Å². The molecule has 1 rings (SSSR count). The van der Waals surface area contributed by atoms with E-state index in [4.69, 9.17) is 10.5 Å². The van der Waals surface area contributed by atoms with Gasteiger partial charge in [0.05, 0.1) is 6.54 Å². The average Bonchev–Trinajstić information content (AvgIpc) is 2.43. The van der Waals surface area contributed by atoms with Gasteiger partial charge in [-0.15, -0.1) is 0 Å². The molecule has 0 spiro atoms. The Morgan fingerprint density at radius 3 is 2.42 bits per heavy atom. The van der Waals surface area contributed by atoms with Crippen LogP contribution in [0.1, 0.15) is 5.56 Å². The van der Waals surface area contributed by atoms with Crippen molar-refractivity contribution in [3.63, 3.8) is 0 Å². The standard InChI is InChI=1S/C12H15N3O4/c13-6-10(16)15-11(17)7-14-12(18)19-8-9-4-2-1-3-5-9/h1-5H,6-8,13H2,(H,14,18)(H,15,16,17). The van der Waals surface area contributed by atoms with Gasteiger partial charge in [0.25, 0.3) is 0 Å². The molecule has 3 amide bonds. The number of benzene rings is 1. The number of ether oxygens (including phenoxy) is 1. The molecule has 0 radical (unpaired) electrons. The third-order valence-electron chi connectivity index (χ3n) is 2.07. The second-order valence-electron chi connectivity index (χ2n) is 3.59. The molecule has 0 aliphatic heterocycles. The van der Waals surface area contributed by atoms with E-state index in [-0.39, 0.29) is 19.7 Å². The van der Waals surface area contributed by atoms with Gasteiger partial charge in [-0.3, -0.25) is 14.9 Å². The minimum Gasteiger partial charge on any atom is -0.445 e. The number of hydrogen-bond acceptors (Lipinski definition) is 5. The highest BCUT2D eigenvalue weighted by atomic mass is 16.5. The summed E-state index contributed by atoms with van der Waals surface area (Å²) in [6, 6.07) is 9.10. The highest BCUT2D eigenvalue weighted by Crippen LogP contribution is 2.00. The molecule has 0 aliphatic carbocycles. The van der Waals surface area contributed by atoms with Gasteiger partial charge in [0.1, 0.15) is 13.2 Å². The van der Waals surface area contributed by atoms with E-state index in [1.165, 1.54) is 0 Å². The number of nitrogens with one attached hydrogen (secondary N) is 2. The summed E-state index contributed by atoms with van der Waals surface area (Å²) in [6.45, 7) is -0.528. The Bertz CT molecular complexity index is 448. The fourth-order valence-electron chi connectivity index (χ4n) is 1.18. The van der Waals surface area contributed by atoms with Gasteiger partial charge in [0, 0.05) is 0 Å². The van der Waals surface area contributed by atoms with Crippen molar-refractivity contribution in [1.29, 1.82) is 0 Å². The second kappa shape index (κ2) is 7.83. The van der Waals surface area contributed by atoms with Crippen LogP contribution in [0, 0.1) is 0 Å². The maximum absolute atomic E-state index is 11.3. The largest absolute Gasteiger partial charge is 0.445 e. The molecule has 0 atom stereocenters. The van der Waals surface area contributed by atoms with Crippen molar-refractivity contribution in [3.05, 3.63) is 35.9 Å². The fourth-order valence-corrected chi connectivity index (χ4v) is 1.18. The summed E-state index contributed by atoms with van der Waals surface area (Å²) in [7, 11) is 0. The SMILES string of the molecule is NCC(=O)NC(=O)CNC(=O)OCc1ccccc1.